The highest BCUT2D eigenvalue weighted by atomic mass is 32.1. The zero-order chi connectivity index (χ0) is 13.9. The van der Waals surface area contributed by atoms with Gasteiger partial charge >= 0.3 is 0 Å². The lowest BCUT2D eigenvalue weighted by atomic mass is 10.1. The number of hydrogen-bond acceptors (Lipinski definition) is 4. The van der Waals surface area contributed by atoms with Crippen LogP contribution in [-0.4, -0.2) is 18.3 Å². The van der Waals surface area contributed by atoms with Crippen LogP contribution in [0.2, 0.25) is 0 Å². The van der Waals surface area contributed by atoms with Crippen molar-refractivity contribution in [3.8, 4) is 16.9 Å². The van der Waals surface area contributed by atoms with Crippen LogP contribution in [0.3, 0.4) is 0 Å². The van der Waals surface area contributed by atoms with Gasteiger partial charge in [0.2, 0.25) is 0 Å². The topological polar surface area (TPSA) is 48.1 Å². The molecule has 0 atom stereocenters. The first kappa shape index (κ1) is 12.9. The van der Waals surface area contributed by atoms with Gasteiger partial charge in [0, 0.05) is 0 Å². The van der Waals surface area contributed by atoms with Crippen LogP contribution in [0.15, 0.2) is 42.5 Å². The molecule has 20 heavy (non-hydrogen) atoms. The first-order valence-corrected chi connectivity index (χ1v) is 7.03. The SMILES string of the molecule is Nc1nc2ccc(-c3ccc(OCCF)cc3)cc2s1. The molecular weight excluding hydrogens is 275 g/mol. The van der Waals surface area contributed by atoms with Gasteiger partial charge in [-0.05, 0) is 35.4 Å². The van der Waals surface area contributed by atoms with E-state index in [1.165, 1.54) is 11.3 Å². The van der Waals surface area contributed by atoms with Gasteiger partial charge in [0.15, 0.2) is 5.13 Å². The minimum absolute atomic E-state index is 0.0887. The highest BCUT2D eigenvalue weighted by Gasteiger charge is 2.04. The van der Waals surface area contributed by atoms with Crippen molar-refractivity contribution < 1.29 is 9.13 Å². The Kier molecular flexibility index (Phi) is 3.52. The molecule has 102 valence electrons. The predicted octanol–water partition coefficient (Wildman–Crippen LogP) is 3.89. The molecule has 1 aromatic heterocycles. The molecule has 2 N–H and O–H groups in total. The minimum Gasteiger partial charge on any atom is -0.491 e. The van der Waals surface area contributed by atoms with Gasteiger partial charge in [0.1, 0.15) is 19.0 Å². The molecule has 0 unspecified atom stereocenters. The summed E-state index contributed by atoms with van der Waals surface area (Å²) in [5.74, 6) is 0.675. The Balaban J connectivity index is 1.89. The number of aromatic nitrogens is 1. The average Bonchev–Trinajstić information content (AvgIpc) is 2.84. The maximum absolute atomic E-state index is 12.0. The van der Waals surface area contributed by atoms with Crippen molar-refractivity contribution >= 4 is 26.7 Å². The van der Waals surface area contributed by atoms with Gasteiger partial charge in [0.25, 0.3) is 0 Å². The number of alkyl halides is 1. The number of anilines is 1. The molecule has 0 aliphatic heterocycles. The third-order valence-electron chi connectivity index (χ3n) is 2.94. The molecule has 0 saturated carbocycles. The van der Waals surface area contributed by atoms with Crippen LogP contribution < -0.4 is 10.5 Å². The fourth-order valence-corrected chi connectivity index (χ4v) is 2.80. The third kappa shape index (κ3) is 2.58. The maximum atomic E-state index is 12.0. The number of hydrogen-bond donors (Lipinski definition) is 1. The third-order valence-corrected chi connectivity index (χ3v) is 3.79. The van der Waals surface area contributed by atoms with E-state index < -0.39 is 6.67 Å². The maximum Gasteiger partial charge on any atom is 0.181 e. The standard InChI is InChI=1S/C15H13FN2OS/c16-7-8-19-12-4-1-10(2-5-12)11-3-6-13-14(9-11)20-15(17)18-13/h1-6,9H,7-8H2,(H2,17,18). The van der Waals surface area contributed by atoms with E-state index in [1.807, 2.05) is 36.4 Å². The van der Waals surface area contributed by atoms with E-state index in [1.54, 1.807) is 0 Å². The first-order valence-electron chi connectivity index (χ1n) is 6.21. The summed E-state index contributed by atoms with van der Waals surface area (Å²) < 4.78 is 18.3. The molecule has 1 heterocycles. The second-order valence-corrected chi connectivity index (χ2v) is 5.36. The minimum atomic E-state index is -0.481. The second kappa shape index (κ2) is 5.46. The molecule has 3 aromatic rings. The molecule has 0 amide bonds. The molecule has 0 bridgehead atoms. The lowest BCUT2D eigenvalue weighted by Crippen LogP contribution is -1.98. The Morgan fingerprint density at radius 3 is 2.60 bits per heavy atom. The molecule has 0 fully saturated rings. The molecule has 2 aromatic carbocycles. The summed E-state index contributed by atoms with van der Waals surface area (Å²) in [6, 6.07) is 13.6. The molecule has 5 heteroatoms. The molecule has 0 spiro atoms. The van der Waals surface area contributed by atoms with Crippen molar-refractivity contribution in [2.45, 2.75) is 0 Å². The van der Waals surface area contributed by atoms with Gasteiger partial charge < -0.3 is 10.5 Å². The van der Waals surface area contributed by atoms with Crippen molar-refractivity contribution in [1.29, 1.82) is 0 Å². The smallest absolute Gasteiger partial charge is 0.181 e. The van der Waals surface area contributed by atoms with Gasteiger partial charge in [-0.2, -0.15) is 0 Å². The summed E-state index contributed by atoms with van der Waals surface area (Å²) in [6.45, 7) is -0.392. The van der Waals surface area contributed by atoms with Gasteiger partial charge in [-0.15, -0.1) is 0 Å². The largest absolute Gasteiger partial charge is 0.491 e. The molecule has 0 saturated heterocycles. The fraction of sp³-hybridized carbons (Fsp3) is 0.133. The number of ether oxygens (including phenoxy) is 1. The van der Waals surface area contributed by atoms with Gasteiger partial charge in [-0.1, -0.05) is 29.5 Å². The van der Waals surface area contributed by atoms with Crippen LogP contribution >= 0.6 is 11.3 Å². The van der Waals surface area contributed by atoms with Crippen molar-refractivity contribution in [2.75, 3.05) is 19.0 Å². The van der Waals surface area contributed by atoms with Crippen molar-refractivity contribution in [3.05, 3.63) is 42.5 Å². The summed E-state index contributed by atoms with van der Waals surface area (Å²) >= 11 is 1.48. The molecule has 3 nitrogen and oxygen atoms in total. The summed E-state index contributed by atoms with van der Waals surface area (Å²) in [4.78, 5) is 4.24. The average molecular weight is 288 g/mol. The van der Waals surface area contributed by atoms with E-state index in [0.717, 1.165) is 21.3 Å². The zero-order valence-corrected chi connectivity index (χ0v) is 11.5. The van der Waals surface area contributed by atoms with Gasteiger partial charge in [0.05, 0.1) is 10.2 Å². The Hall–Kier alpha value is -2.14. The lowest BCUT2D eigenvalue weighted by molar-refractivity contribution is 0.273. The number of nitrogen functional groups attached to an aromatic ring is 1. The van der Waals surface area contributed by atoms with E-state index in [-0.39, 0.29) is 6.61 Å². The Labute approximate surface area is 119 Å². The Morgan fingerprint density at radius 2 is 1.85 bits per heavy atom. The van der Waals surface area contributed by atoms with Crippen LogP contribution in [0.1, 0.15) is 0 Å². The van der Waals surface area contributed by atoms with E-state index in [4.69, 9.17) is 10.5 Å². The number of thiazole rings is 1. The highest BCUT2D eigenvalue weighted by Crippen LogP contribution is 2.29. The number of fused-ring (bicyclic) bond motifs is 1. The molecule has 0 aliphatic rings. The molecule has 3 rings (SSSR count). The number of nitrogens with two attached hydrogens (primary N) is 1. The van der Waals surface area contributed by atoms with Crippen LogP contribution in [-0.2, 0) is 0 Å². The second-order valence-electron chi connectivity index (χ2n) is 4.30. The van der Waals surface area contributed by atoms with Crippen LogP contribution in [0, 0.1) is 0 Å². The van der Waals surface area contributed by atoms with E-state index in [2.05, 4.69) is 11.1 Å². The Morgan fingerprint density at radius 1 is 1.10 bits per heavy atom. The van der Waals surface area contributed by atoms with Gasteiger partial charge in [-0.25, -0.2) is 9.37 Å². The first-order chi connectivity index (χ1) is 9.76. The molecular formula is C15H13FN2OS. The van der Waals surface area contributed by atoms with Crippen LogP contribution in [0.5, 0.6) is 5.75 Å². The normalized spacial score (nSPS) is 10.8. The van der Waals surface area contributed by atoms with E-state index >= 15 is 0 Å². The zero-order valence-electron chi connectivity index (χ0n) is 10.7. The monoisotopic (exact) mass is 288 g/mol. The number of nitrogens with zero attached hydrogens (tertiary/aromatic N) is 1. The summed E-state index contributed by atoms with van der Waals surface area (Å²) in [5, 5.41) is 0.576. The summed E-state index contributed by atoms with van der Waals surface area (Å²) in [7, 11) is 0. The van der Waals surface area contributed by atoms with Crippen molar-refractivity contribution in [2.24, 2.45) is 0 Å². The predicted molar refractivity (Wildman–Crippen MR) is 80.9 cm³/mol. The summed E-state index contributed by atoms with van der Waals surface area (Å²) in [5.41, 5.74) is 8.79. The Bertz CT molecular complexity index is 724. The highest BCUT2D eigenvalue weighted by molar-refractivity contribution is 7.22. The van der Waals surface area contributed by atoms with Crippen molar-refractivity contribution in [3.63, 3.8) is 0 Å². The number of halogens is 1. The van der Waals surface area contributed by atoms with Crippen LogP contribution in [0.4, 0.5) is 9.52 Å². The lowest BCUT2D eigenvalue weighted by Gasteiger charge is -2.05. The fourth-order valence-electron chi connectivity index (χ4n) is 2.02. The van der Waals surface area contributed by atoms with E-state index in [0.29, 0.717) is 10.9 Å². The molecule has 0 radical (unpaired) electrons. The van der Waals surface area contributed by atoms with Crippen molar-refractivity contribution in [1.82, 2.24) is 4.98 Å². The summed E-state index contributed by atoms with van der Waals surface area (Å²) in [6.07, 6.45) is 0. The van der Waals surface area contributed by atoms with Gasteiger partial charge in [-0.3, -0.25) is 0 Å². The van der Waals surface area contributed by atoms with E-state index in [9.17, 15) is 4.39 Å². The number of rotatable bonds is 4. The van der Waals surface area contributed by atoms with Crippen LogP contribution in [0.25, 0.3) is 21.3 Å². The quantitative estimate of drug-likeness (QED) is 0.792. The molecule has 0 aliphatic carbocycles. The number of benzene rings is 2.